The third kappa shape index (κ3) is 5.03. The van der Waals surface area contributed by atoms with Crippen LogP contribution in [0.4, 0.5) is 18.9 Å². The van der Waals surface area contributed by atoms with Gasteiger partial charge in [-0.3, -0.25) is 4.79 Å². The molecule has 174 valence electrons. The first kappa shape index (κ1) is 22.9. The number of hydrogen-bond donors (Lipinski definition) is 1. The fourth-order valence-electron chi connectivity index (χ4n) is 4.96. The topological polar surface area (TPSA) is 47.6 Å². The van der Waals surface area contributed by atoms with Crippen LogP contribution in [0.2, 0.25) is 0 Å². The fraction of sp³-hybridized carbons (Fsp3) is 0.560. The predicted octanol–water partition coefficient (Wildman–Crippen LogP) is 6.20. The molecule has 7 heteroatoms. The molecule has 4 nitrogen and oxygen atoms in total. The average Bonchev–Trinajstić information content (AvgIpc) is 2.80. The van der Waals surface area contributed by atoms with E-state index in [1.54, 1.807) is 0 Å². The highest BCUT2D eigenvalue weighted by Gasteiger charge is 2.45. The van der Waals surface area contributed by atoms with Crippen LogP contribution in [0.3, 0.4) is 0 Å². The van der Waals surface area contributed by atoms with Crippen molar-refractivity contribution in [3.63, 3.8) is 0 Å². The molecule has 1 aromatic rings. The van der Waals surface area contributed by atoms with Crippen LogP contribution in [-0.4, -0.2) is 24.7 Å². The molecule has 1 unspecified atom stereocenters. The molecule has 1 fully saturated rings. The van der Waals surface area contributed by atoms with Gasteiger partial charge in [0.2, 0.25) is 0 Å². The molecule has 2 aliphatic heterocycles. The number of rotatable bonds is 6. The standard InChI is InChI=1S/C25H30F3NO3/c1-2-3-9-22(30)31-15-18-11-12-19-23(16-7-5-4-6-8-16)29-21-13-10-17(25(26,27)28)14-20(21)24(19)32-18/h4-7,10,13-14,16,18-19,23-24,29H,2-3,8-9,11-12,15H2,1H3/t16?,18-,19+,23+,24+/m1/s1. The molecule has 1 N–H and O–H groups in total. The highest BCUT2D eigenvalue weighted by atomic mass is 19.4. The van der Waals surface area contributed by atoms with Crippen molar-refractivity contribution >= 4 is 11.7 Å². The number of allylic oxidation sites excluding steroid dienone is 3. The molecule has 0 bridgehead atoms. The molecule has 0 amide bonds. The Labute approximate surface area is 186 Å². The number of nitrogens with one attached hydrogen (secondary N) is 1. The minimum Gasteiger partial charge on any atom is -0.463 e. The fourth-order valence-corrected chi connectivity index (χ4v) is 4.96. The van der Waals surface area contributed by atoms with Crippen LogP contribution in [0.5, 0.6) is 0 Å². The average molecular weight is 450 g/mol. The predicted molar refractivity (Wildman–Crippen MR) is 116 cm³/mol. The summed E-state index contributed by atoms with van der Waals surface area (Å²) in [4.78, 5) is 11.9. The molecule has 3 aliphatic rings. The van der Waals surface area contributed by atoms with Crippen LogP contribution >= 0.6 is 0 Å². The molecule has 2 heterocycles. The van der Waals surface area contributed by atoms with Gasteiger partial charge in [0.25, 0.3) is 0 Å². The Hall–Kier alpha value is -2.28. The van der Waals surface area contributed by atoms with E-state index < -0.39 is 17.8 Å². The van der Waals surface area contributed by atoms with Gasteiger partial charge in [-0.15, -0.1) is 0 Å². The lowest BCUT2D eigenvalue weighted by Crippen LogP contribution is -2.47. The summed E-state index contributed by atoms with van der Waals surface area (Å²) in [6.45, 7) is 2.15. The van der Waals surface area contributed by atoms with Gasteiger partial charge in [-0.25, -0.2) is 0 Å². The number of unbranched alkanes of at least 4 members (excludes halogenated alkanes) is 1. The Morgan fingerprint density at radius 2 is 2.09 bits per heavy atom. The number of carbonyl (C=O) groups excluding carboxylic acids is 1. The maximum Gasteiger partial charge on any atom is 0.416 e. The van der Waals surface area contributed by atoms with Gasteiger partial charge in [-0.1, -0.05) is 37.6 Å². The van der Waals surface area contributed by atoms with Crippen molar-refractivity contribution in [3.05, 3.63) is 53.6 Å². The summed E-state index contributed by atoms with van der Waals surface area (Å²) in [5.41, 5.74) is 0.554. The van der Waals surface area contributed by atoms with Gasteiger partial charge in [0, 0.05) is 35.5 Å². The normalized spacial score (nSPS) is 29.1. The van der Waals surface area contributed by atoms with E-state index in [0.29, 0.717) is 24.1 Å². The SMILES string of the molecule is CCCCC(=O)OC[C@H]1CC[C@@H]2[C@H](O1)c1cc(C(F)(F)F)ccc1N[C@H]2C1C=CC=CC1. The molecule has 1 aliphatic carbocycles. The Kier molecular flexibility index (Phi) is 6.93. The molecule has 1 aromatic carbocycles. The van der Waals surface area contributed by atoms with E-state index in [1.165, 1.54) is 12.1 Å². The van der Waals surface area contributed by atoms with Crippen LogP contribution in [0.15, 0.2) is 42.5 Å². The van der Waals surface area contributed by atoms with Crippen molar-refractivity contribution in [2.24, 2.45) is 11.8 Å². The van der Waals surface area contributed by atoms with Gasteiger partial charge >= 0.3 is 12.1 Å². The van der Waals surface area contributed by atoms with Crippen LogP contribution in [0.25, 0.3) is 0 Å². The van der Waals surface area contributed by atoms with Gasteiger partial charge in [0.15, 0.2) is 0 Å². The van der Waals surface area contributed by atoms with E-state index in [0.717, 1.165) is 31.7 Å². The minimum atomic E-state index is -4.42. The maximum atomic E-state index is 13.4. The zero-order valence-corrected chi connectivity index (χ0v) is 18.2. The maximum absolute atomic E-state index is 13.4. The molecule has 5 atom stereocenters. The number of fused-ring (bicyclic) bond motifs is 3. The lowest BCUT2D eigenvalue weighted by molar-refractivity contribution is -0.157. The molecule has 0 radical (unpaired) electrons. The molecule has 0 saturated carbocycles. The molecule has 4 rings (SSSR count). The van der Waals surface area contributed by atoms with E-state index in [4.69, 9.17) is 9.47 Å². The van der Waals surface area contributed by atoms with E-state index in [9.17, 15) is 18.0 Å². The summed E-state index contributed by atoms with van der Waals surface area (Å²) in [5, 5.41) is 3.51. The smallest absolute Gasteiger partial charge is 0.416 e. The molecule has 1 saturated heterocycles. The van der Waals surface area contributed by atoms with Crippen molar-refractivity contribution in [2.75, 3.05) is 11.9 Å². The first-order chi connectivity index (χ1) is 15.4. The first-order valence-corrected chi connectivity index (χ1v) is 11.5. The number of ether oxygens (including phenoxy) is 2. The van der Waals surface area contributed by atoms with Crippen molar-refractivity contribution in [1.29, 1.82) is 0 Å². The van der Waals surface area contributed by atoms with Crippen molar-refractivity contribution < 1.29 is 27.4 Å². The summed E-state index contributed by atoms with van der Waals surface area (Å²) >= 11 is 0. The van der Waals surface area contributed by atoms with Crippen LogP contribution < -0.4 is 5.32 Å². The molecule has 0 spiro atoms. The largest absolute Gasteiger partial charge is 0.463 e. The number of esters is 1. The van der Waals surface area contributed by atoms with E-state index in [1.807, 2.05) is 19.1 Å². The summed E-state index contributed by atoms with van der Waals surface area (Å²) in [6, 6.07) is 3.91. The van der Waals surface area contributed by atoms with Gasteiger partial charge in [-0.05, 0) is 43.9 Å². The Balaban J connectivity index is 1.56. The Morgan fingerprint density at radius 1 is 1.25 bits per heavy atom. The summed E-state index contributed by atoms with van der Waals surface area (Å²) < 4.78 is 51.9. The first-order valence-electron chi connectivity index (χ1n) is 11.5. The molecular weight excluding hydrogens is 419 g/mol. The lowest BCUT2D eigenvalue weighted by atomic mass is 9.73. The van der Waals surface area contributed by atoms with Crippen molar-refractivity contribution in [2.45, 2.75) is 69.9 Å². The van der Waals surface area contributed by atoms with Crippen LogP contribution in [0, 0.1) is 11.8 Å². The third-order valence-corrected chi connectivity index (χ3v) is 6.66. The van der Waals surface area contributed by atoms with Crippen LogP contribution in [0.1, 0.15) is 62.7 Å². The second kappa shape index (κ2) is 9.69. The summed E-state index contributed by atoms with van der Waals surface area (Å²) in [7, 11) is 0. The van der Waals surface area contributed by atoms with Gasteiger partial charge in [0.05, 0.1) is 17.8 Å². The molecular formula is C25H30F3NO3. The van der Waals surface area contributed by atoms with Gasteiger partial charge < -0.3 is 14.8 Å². The summed E-state index contributed by atoms with van der Waals surface area (Å²) in [6.07, 6.45) is 7.57. The lowest BCUT2D eigenvalue weighted by Gasteiger charge is -2.47. The minimum absolute atomic E-state index is 0.0409. The third-order valence-electron chi connectivity index (χ3n) is 6.66. The van der Waals surface area contributed by atoms with E-state index >= 15 is 0 Å². The van der Waals surface area contributed by atoms with E-state index in [2.05, 4.69) is 17.5 Å². The number of carbonyl (C=O) groups is 1. The van der Waals surface area contributed by atoms with Gasteiger partial charge in [0.1, 0.15) is 6.61 Å². The molecule has 32 heavy (non-hydrogen) atoms. The van der Waals surface area contributed by atoms with Crippen LogP contribution in [-0.2, 0) is 20.4 Å². The Morgan fingerprint density at radius 3 is 2.81 bits per heavy atom. The van der Waals surface area contributed by atoms with Crippen molar-refractivity contribution in [1.82, 2.24) is 0 Å². The van der Waals surface area contributed by atoms with Crippen molar-refractivity contribution in [3.8, 4) is 0 Å². The highest BCUT2D eigenvalue weighted by Crippen LogP contribution is 2.49. The second-order valence-electron chi connectivity index (χ2n) is 8.89. The highest BCUT2D eigenvalue weighted by molar-refractivity contribution is 5.69. The quantitative estimate of drug-likeness (QED) is 0.525. The number of halogens is 3. The Bertz CT molecular complexity index is 880. The second-order valence-corrected chi connectivity index (χ2v) is 8.89. The van der Waals surface area contributed by atoms with Gasteiger partial charge in [-0.2, -0.15) is 13.2 Å². The molecule has 0 aromatic heterocycles. The number of anilines is 1. The number of hydrogen-bond acceptors (Lipinski definition) is 4. The number of alkyl halides is 3. The summed E-state index contributed by atoms with van der Waals surface area (Å²) in [5.74, 6) is 0.0359. The van der Waals surface area contributed by atoms with E-state index in [-0.39, 0.29) is 36.6 Å². The monoisotopic (exact) mass is 449 g/mol. The zero-order valence-electron chi connectivity index (χ0n) is 18.2. The number of benzene rings is 1. The zero-order chi connectivity index (χ0) is 22.7.